The summed E-state index contributed by atoms with van der Waals surface area (Å²) in [6, 6.07) is 11.1. The Labute approximate surface area is 118 Å². The molecule has 0 heterocycles. The molecule has 0 aliphatic rings. The maximum Gasteiger partial charge on any atom is 0.258 e. The molecule has 2 rings (SSSR count). The van der Waals surface area contributed by atoms with Gasteiger partial charge in [0.25, 0.3) is 5.91 Å². The Morgan fingerprint density at radius 3 is 2.50 bits per heavy atom. The zero-order chi connectivity index (χ0) is 13.1. The maximum absolute atomic E-state index is 13.5. The van der Waals surface area contributed by atoms with Crippen LogP contribution >= 0.6 is 28.6 Å². The van der Waals surface area contributed by atoms with E-state index in [2.05, 4.69) is 33.9 Å². The van der Waals surface area contributed by atoms with Gasteiger partial charge in [0.05, 0.1) is 5.56 Å². The van der Waals surface area contributed by atoms with Gasteiger partial charge in [-0.2, -0.15) is 0 Å². The number of benzene rings is 2. The van der Waals surface area contributed by atoms with Crippen LogP contribution in [0.3, 0.4) is 0 Å². The monoisotopic (exact) mass is 325 g/mol. The fourth-order valence-corrected chi connectivity index (χ4v) is 1.89. The van der Waals surface area contributed by atoms with Crippen LogP contribution in [0.2, 0.25) is 0 Å². The highest BCUT2D eigenvalue weighted by atomic mass is 79.9. The van der Waals surface area contributed by atoms with Crippen molar-refractivity contribution in [1.82, 2.24) is 0 Å². The summed E-state index contributed by atoms with van der Waals surface area (Å²) in [6.07, 6.45) is 0. The molecule has 0 fully saturated rings. The Bertz CT molecular complexity index is 586. The van der Waals surface area contributed by atoms with E-state index in [1.807, 2.05) is 0 Å². The lowest BCUT2D eigenvalue weighted by Crippen LogP contribution is -2.13. The first kappa shape index (κ1) is 13.1. The van der Waals surface area contributed by atoms with Crippen molar-refractivity contribution in [3.63, 3.8) is 0 Å². The van der Waals surface area contributed by atoms with Gasteiger partial charge in [0, 0.05) is 15.1 Å². The van der Waals surface area contributed by atoms with Gasteiger partial charge in [0.15, 0.2) is 0 Å². The van der Waals surface area contributed by atoms with E-state index in [9.17, 15) is 9.18 Å². The summed E-state index contributed by atoms with van der Waals surface area (Å²) < 4.78 is 14.4. The van der Waals surface area contributed by atoms with Gasteiger partial charge in [-0.05, 0) is 42.5 Å². The zero-order valence-corrected chi connectivity index (χ0v) is 11.6. The van der Waals surface area contributed by atoms with Crippen LogP contribution in [0.1, 0.15) is 10.4 Å². The number of anilines is 1. The molecule has 0 unspecified atom stereocenters. The minimum Gasteiger partial charge on any atom is -0.322 e. The molecule has 0 bridgehead atoms. The van der Waals surface area contributed by atoms with E-state index in [0.717, 1.165) is 4.47 Å². The van der Waals surface area contributed by atoms with Crippen LogP contribution in [0.4, 0.5) is 10.1 Å². The molecule has 5 heteroatoms. The molecule has 1 amide bonds. The minimum absolute atomic E-state index is 0.0228. The van der Waals surface area contributed by atoms with Crippen LogP contribution in [-0.2, 0) is 0 Å². The fraction of sp³-hybridized carbons (Fsp3) is 0. The van der Waals surface area contributed by atoms with Crippen LogP contribution in [0.15, 0.2) is 51.8 Å². The van der Waals surface area contributed by atoms with Gasteiger partial charge in [-0.15, -0.1) is 12.6 Å². The van der Waals surface area contributed by atoms with Crippen LogP contribution in [0, 0.1) is 5.82 Å². The summed E-state index contributed by atoms with van der Waals surface area (Å²) in [5.74, 6) is -1.06. The number of halogens is 2. The Kier molecular flexibility index (Phi) is 4.04. The molecule has 18 heavy (non-hydrogen) atoms. The number of hydrogen-bond acceptors (Lipinski definition) is 2. The third kappa shape index (κ3) is 3.11. The van der Waals surface area contributed by atoms with E-state index in [4.69, 9.17) is 0 Å². The second kappa shape index (κ2) is 5.54. The molecular weight excluding hydrogens is 317 g/mol. The molecule has 1 N–H and O–H groups in total. The number of carbonyl (C=O) groups is 1. The first-order chi connectivity index (χ1) is 8.56. The molecule has 0 radical (unpaired) electrons. The summed E-state index contributed by atoms with van der Waals surface area (Å²) >= 11 is 7.38. The quantitative estimate of drug-likeness (QED) is 0.799. The first-order valence-electron chi connectivity index (χ1n) is 5.12. The molecule has 0 aromatic heterocycles. The summed E-state index contributed by atoms with van der Waals surface area (Å²) in [4.78, 5) is 12.4. The van der Waals surface area contributed by atoms with E-state index in [-0.39, 0.29) is 5.56 Å². The molecule has 2 aromatic rings. The second-order valence-corrected chi connectivity index (χ2v) is 5.06. The average Bonchev–Trinajstić information content (AvgIpc) is 2.35. The normalized spacial score (nSPS) is 10.2. The third-order valence-corrected chi connectivity index (χ3v) is 3.10. The smallest absolute Gasteiger partial charge is 0.258 e. The maximum atomic E-state index is 13.5. The van der Waals surface area contributed by atoms with Gasteiger partial charge in [-0.3, -0.25) is 4.79 Å². The summed E-state index contributed by atoms with van der Waals surface area (Å²) in [5.41, 5.74) is 0.581. The van der Waals surface area contributed by atoms with Crippen molar-refractivity contribution >= 4 is 40.2 Å². The first-order valence-corrected chi connectivity index (χ1v) is 6.36. The number of hydrogen-bond donors (Lipinski definition) is 2. The van der Waals surface area contributed by atoms with E-state index in [1.54, 1.807) is 24.3 Å². The minimum atomic E-state index is -0.567. The standard InChI is InChI=1S/C13H9BrFNOS/c14-8-1-3-9(4-2-8)16-13(17)11-7-10(18)5-6-12(11)15/h1-7,18H,(H,16,17). The molecule has 0 aliphatic carbocycles. The van der Waals surface area contributed by atoms with Gasteiger partial charge in [0.1, 0.15) is 5.82 Å². The van der Waals surface area contributed by atoms with Crippen molar-refractivity contribution in [3.8, 4) is 0 Å². The lowest BCUT2D eigenvalue weighted by atomic mass is 10.2. The lowest BCUT2D eigenvalue weighted by Gasteiger charge is -2.06. The molecule has 92 valence electrons. The largest absolute Gasteiger partial charge is 0.322 e. The number of thiol groups is 1. The van der Waals surface area contributed by atoms with Crippen LogP contribution in [0.25, 0.3) is 0 Å². The van der Waals surface area contributed by atoms with Gasteiger partial charge >= 0.3 is 0 Å². The van der Waals surface area contributed by atoms with Crippen molar-refractivity contribution in [1.29, 1.82) is 0 Å². The lowest BCUT2D eigenvalue weighted by molar-refractivity contribution is 0.102. The Balaban J connectivity index is 2.21. The predicted molar refractivity (Wildman–Crippen MR) is 75.7 cm³/mol. The van der Waals surface area contributed by atoms with Crippen molar-refractivity contribution in [3.05, 3.63) is 58.3 Å². The van der Waals surface area contributed by atoms with Crippen LogP contribution in [-0.4, -0.2) is 5.91 Å². The molecule has 0 saturated heterocycles. The Morgan fingerprint density at radius 1 is 1.17 bits per heavy atom. The topological polar surface area (TPSA) is 29.1 Å². The summed E-state index contributed by atoms with van der Waals surface area (Å²) in [7, 11) is 0. The number of carbonyl (C=O) groups excluding carboxylic acids is 1. The van der Waals surface area contributed by atoms with Crippen molar-refractivity contribution in [2.45, 2.75) is 4.90 Å². The SMILES string of the molecule is O=C(Nc1ccc(Br)cc1)c1cc(S)ccc1F. The molecule has 0 spiro atoms. The van der Waals surface area contributed by atoms with Gasteiger partial charge < -0.3 is 5.32 Å². The highest BCUT2D eigenvalue weighted by Gasteiger charge is 2.12. The molecule has 2 nitrogen and oxygen atoms in total. The zero-order valence-electron chi connectivity index (χ0n) is 9.15. The van der Waals surface area contributed by atoms with Gasteiger partial charge in [0.2, 0.25) is 0 Å². The van der Waals surface area contributed by atoms with Crippen LogP contribution in [0.5, 0.6) is 0 Å². The molecule has 0 aliphatic heterocycles. The fourth-order valence-electron chi connectivity index (χ4n) is 1.42. The number of nitrogens with one attached hydrogen (secondary N) is 1. The van der Waals surface area contributed by atoms with E-state index < -0.39 is 11.7 Å². The van der Waals surface area contributed by atoms with E-state index in [1.165, 1.54) is 18.2 Å². The van der Waals surface area contributed by atoms with Gasteiger partial charge in [-0.25, -0.2) is 4.39 Å². The Morgan fingerprint density at radius 2 is 1.83 bits per heavy atom. The number of rotatable bonds is 2. The summed E-state index contributed by atoms with van der Waals surface area (Å²) in [5, 5.41) is 2.62. The van der Waals surface area contributed by atoms with Crippen molar-refractivity contribution in [2.24, 2.45) is 0 Å². The second-order valence-electron chi connectivity index (χ2n) is 3.63. The van der Waals surface area contributed by atoms with E-state index >= 15 is 0 Å². The predicted octanol–water partition coefficient (Wildman–Crippen LogP) is 4.13. The summed E-state index contributed by atoms with van der Waals surface area (Å²) in [6.45, 7) is 0. The van der Waals surface area contributed by atoms with Crippen molar-refractivity contribution < 1.29 is 9.18 Å². The number of amides is 1. The Hall–Kier alpha value is -1.33. The average molecular weight is 326 g/mol. The highest BCUT2D eigenvalue weighted by molar-refractivity contribution is 9.10. The molecule has 0 saturated carbocycles. The third-order valence-electron chi connectivity index (χ3n) is 2.30. The molecule has 2 aromatic carbocycles. The molecular formula is C13H9BrFNOS. The van der Waals surface area contributed by atoms with E-state index in [0.29, 0.717) is 10.6 Å². The van der Waals surface area contributed by atoms with Crippen molar-refractivity contribution in [2.75, 3.05) is 5.32 Å². The highest BCUT2D eigenvalue weighted by Crippen LogP contribution is 2.17. The molecule has 0 atom stereocenters. The van der Waals surface area contributed by atoms with Crippen LogP contribution < -0.4 is 5.32 Å². The van der Waals surface area contributed by atoms with Gasteiger partial charge in [-0.1, -0.05) is 15.9 Å².